The van der Waals surface area contributed by atoms with Crippen molar-refractivity contribution in [1.82, 2.24) is 4.90 Å². The van der Waals surface area contributed by atoms with Gasteiger partial charge in [-0.1, -0.05) is 51.1 Å². The third kappa shape index (κ3) is 4.20. The summed E-state index contributed by atoms with van der Waals surface area (Å²) in [7, 11) is 0. The molecule has 1 aliphatic rings. The van der Waals surface area contributed by atoms with Crippen molar-refractivity contribution in [2.24, 2.45) is 5.41 Å². The molecule has 1 unspecified atom stereocenters. The van der Waals surface area contributed by atoms with Crippen LogP contribution in [0.25, 0.3) is 0 Å². The molecule has 0 radical (unpaired) electrons. The van der Waals surface area contributed by atoms with Gasteiger partial charge in [-0.3, -0.25) is 9.59 Å². The van der Waals surface area contributed by atoms with E-state index in [1.165, 1.54) is 0 Å². The standard InChI is InChI=1S/C25H30N2O4/c1-14-13-15(2)20(16(3)19(14)23(29)30)26-22(28)21-18-10-8-7-9-17(18)11-12-27(21)24(31)25(4,5)6/h7-10,13,21H,11-12H2,1-6H3,(H,26,28)(H,29,30). The van der Waals surface area contributed by atoms with Crippen molar-refractivity contribution in [3.63, 3.8) is 0 Å². The summed E-state index contributed by atoms with van der Waals surface area (Å²) in [5.41, 5.74) is 3.84. The Balaban J connectivity index is 2.07. The fourth-order valence-electron chi connectivity index (χ4n) is 4.40. The number of aryl methyl sites for hydroxylation is 2. The number of hydrogen-bond acceptors (Lipinski definition) is 3. The summed E-state index contributed by atoms with van der Waals surface area (Å²) in [5.74, 6) is -1.46. The molecule has 2 amide bonds. The first-order valence-electron chi connectivity index (χ1n) is 10.5. The van der Waals surface area contributed by atoms with Gasteiger partial charge in [0.05, 0.1) is 5.56 Å². The molecule has 0 fully saturated rings. The van der Waals surface area contributed by atoms with Gasteiger partial charge < -0.3 is 15.3 Å². The predicted octanol–water partition coefficient (Wildman–Crippen LogP) is 4.42. The summed E-state index contributed by atoms with van der Waals surface area (Å²) in [5, 5.41) is 12.6. The van der Waals surface area contributed by atoms with Gasteiger partial charge in [-0.25, -0.2) is 4.79 Å². The Morgan fingerprint density at radius 2 is 1.71 bits per heavy atom. The van der Waals surface area contributed by atoms with Crippen LogP contribution in [0.5, 0.6) is 0 Å². The van der Waals surface area contributed by atoms with E-state index in [4.69, 9.17) is 0 Å². The van der Waals surface area contributed by atoms with Crippen LogP contribution in [0.2, 0.25) is 0 Å². The number of carboxylic acid groups (broad SMARTS) is 1. The molecule has 2 aromatic rings. The maximum atomic E-state index is 13.6. The van der Waals surface area contributed by atoms with Crippen molar-refractivity contribution in [1.29, 1.82) is 0 Å². The third-order valence-corrected chi connectivity index (χ3v) is 5.87. The number of anilines is 1. The fraction of sp³-hybridized carbons (Fsp3) is 0.400. The highest BCUT2D eigenvalue weighted by Crippen LogP contribution is 2.35. The molecule has 6 heteroatoms. The minimum absolute atomic E-state index is 0.0919. The van der Waals surface area contributed by atoms with Crippen LogP contribution in [0.4, 0.5) is 5.69 Å². The first kappa shape index (κ1) is 22.5. The molecule has 2 aromatic carbocycles. The second kappa shape index (κ2) is 8.17. The third-order valence-electron chi connectivity index (χ3n) is 5.87. The van der Waals surface area contributed by atoms with Gasteiger partial charge in [0.25, 0.3) is 5.91 Å². The van der Waals surface area contributed by atoms with E-state index in [1.807, 2.05) is 52.0 Å². The van der Waals surface area contributed by atoms with E-state index >= 15 is 0 Å². The van der Waals surface area contributed by atoms with E-state index < -0.39 is 17.4 Å². The predicted molar refractivity (Wildman–Crippen MR) is 120 cm³/mol. The first-order valence-corrected chi connectivity index (χ1v) is 10.5. The number of nitrogens with one attached hydrogen (secondary N) is 1. The summed E-state index contributed by atoms with van der Waals surface area (Å²) in [6.07, 6.45) is 0.688. The molecule has 1 atom stereocenters. The largest absolute Gasteiger partial charge is 0.478 e. The molecular formula is C25H30N2O4. The highest BCUT2D eigenvalue weighted by molar-refractivity contribution is 6.02. The molecule has 0 aromatic heterocycles. The van der Waals surface area contributed by atoms with E-state index in [-0.39, 0.29) is 17.4 Å². The zero-order chi connectivity index (χ0) is 23.1. The Hall–Kier alpha value is -3.15. The zero-order valence-corrected chi connectivity index (χ0v) is 19.0. The van der Waals surface area contributed by atoms with Gasteiger partial charge in [0.15, 0.2) is 0 Å². The number of benzene rings is 2. The lowest BCUT2D eigenvalue weighted by Gasteiger charge is -2.39. The molecule has 6 nitrogen and oxygen atoms in total. The van der Waals surface area contributed by atoms with Crippen LogP contribution in [0, 0.1) is 26.2 Å². The van der Waals surface area contributed by atoms with Gasteiger partial charge in [-0.05, 0) is 55.0 Å². The van der Waals surface area contributed by atoms with E-state index in [1.54, 1.807) is 24.8 Å². The SMILES string of the molecule is Cc1cc(C)c(C(=O)O)c(C)c1NC(=O)C1c2ccccc2CCN1C(=O)C(C)(C)C. The number of carbonyl (C=O) groups excluding carboxylic acids is 2. The lowest BCUT2D eigenvalue weighted by atomic mass is 9.87. The molecule has 3 rings (SSSR count). The zero-order valence-electron chi connectivity index (χ0n) is 19.0. The minimum atomic E-state index is -1.03. The van der Waals surface area contributed by atoms with Crippen LogP contribution in [0.15, 0.2) is 30.3 Å². The highest BCUT2D eigenvalue weighted by Gasteiger charge is 2.39. The number of hydrogen-bond donors (Lipinski definition) is 2. The summed E-state index contributed by atoms with van der Waals surface area (Å²) in [6.45, 7) is 11.3. The molecule has 2 N–H and O–H groups in total. The quantitative estimate of drug-likeness (QED) is 0.767. The van der Waals surface area contributed by atoms with E-state index in [9.17, 15) is 19.5 Å². The van der Waals surface area contributed by atoms with Crippen molar-refractivity contribution in [2.45, 2.75) is 54.0 Å². The first-order chi connectivity index (χ1) is 14.4. The van der Waals surface area contributed by atoms with Crippen LogP contribution in [0.1, 0.15) is 65.0 Å². The number of carboxylic acids is 1. The molecule has 164 valence electrons. The van der Waals surface area contributed by atoms with Gasteiger partial charge in [0.2, 0.25) is 5.91 Å². The fourth-order valence-corrected chi connectivity index (χ4v) is 4.40. The molecule has 31 heavy (non-hydrogen) atoms. The number of fused-ring (bicyclic) bond motifs is 1. The number of carbonyl (C=O) groups is 3. The second-order valence-corrected chi connectivity index (χ2v) is 9.28. The van der Waals surface area contributed by atoms with E-state index in [0.717, 1.165) is 16.7 Å². The van der Waals surface area contributed by atoms with Gasteiger partial charge in [0.1, 0.15) is 6.04 Å². The summed E-state index contributed by atoms with van der Waals surface area (Å²) in [6, 6.07) is 8.67. The van der Waals surface area contributed by atoms with Crippen molar-refractivity contribution in [3.05, 3.63) is 63.7 Å². The molecule has 0 aliphatic carbocycles. The lowest BCUT2D eigenvalue weighted by Crippen LogP contribution is -2.49. The molecule has 1 aliphatic heterocycles. The highest BCUT2D eigenvalue weighted by atomic mass is 16.4. The summed E-state index contributed by atoms with van der Waals surface area (Å²) < 4.78 is 0. The average Bonchev–Trinajstić information content (AvgIpc) is 2.68. The van der Waals surface area contributed by atoms with Gasteiger partial charge in [-0.15, -0.1) is 0 Å². The molecule has 0 bridgehead atoms. The van der Waals surface area contributed by atoms with E-state index in [2.05, 4.69) is 5.32 Å². The molecule has 0 saturated carbocycles. The molecule has 0 spiro atoms. The Kier molecular flexibility index (Phi) is 5.94. The maximum absolute atomic E-state index is 13.6. The van der Waals surface area contributed by atoms with Crippen LogP contribution >= 0.6 is 0 Å². The topological polar surface area (TPSA) is 86.7 Å². The van der Waals surface area contributed by atoms with Crippen molar-refractivity contribution in [3.8, 4) is 0 Å². The Bertz CT molecular complexity index is 1070. The number of aromatic carboxylic acids is 1. The minimum Gasteiger partial charge on any atom is -0.478 e. The normalized spacial score (nSPS) is 15.9. The summed E-state index contributed by atoms with van der Waals surface area (Å²) in [4.78, 5) is 40.2. The van der Waals surface area contributed by atoms with Gasteiger partial charge >= 0.3 is 5.97 Å². The van der Waals surface area contributed by atoms with Crippen molar-refractivity contribution < 1.29 is 19.5 Å². The van der Waals surface area contributed by atoms with E-state index in [0.29, 0.717) is 29.8 Å². The second-order valence-electron chi connectivity index (χ2n) is 9.28. The average molecular weight is 423 g/mol. The van der Waals surface area contributed by atoms with Crippen LogP contribution < -0.4 is 5.32 Å². The van der Waals surface area contributed by atoms with Gasteiger partial charge in [-0.2, -0.15) is 0 Å². The Morgan fingerprint density at radius 1 is 1.06 bits per heavy atom. The molecule has 1 heterocycles. The van der Waals surface area contributed by atoms with Crippen LogP contribution in [0.3, 0.4) is 0 Å². The maximum Gasteiger partial charge on any atom is 0.336 e. The smallest absolute Gasteiger partial charge is 0.336 e. The lowest BCUT2D eigenvalue weighted by molar-refractivity contribution is -0.146. The number of nitrogens with zero attached hydrogens (tertiary/aromatic N) is 1. The monoisotopic (exact) mass is 422 g/mol. The molecular weight excluding hydrogens is 392 g/mol. The van der Waals surface area contributed by atoms with Crippen LogP contribution in [-0.4, -0.2) is 34.3 Å². The van der Waals surface area contributed by atoms with Crippen LogP contribution in [-0.2, 0) is 16.0 Å². The number of amides is 2. The summed E-state index contributed by atoms with van der Waals surface area (Å²) >= 11 is 0. The van der Waals surface area contributed by atoms with Crippen molar-refractivity contribution >= 4 is 23.5 Å². The number of rotatable bonds is 3. The van der Waals surface area contributed by atoms with Gasteiger partial charge in [0, 0.05) is 17.6 Å². The van der Waals surface area contributed by atoms with Crippen molar-refractivity contribution in [2.75, 3.05) is 11.9 Å². The Morgan fingerprint density at radius 3 is 2.32 bits per heavy atom. The Labute approximate surface area is 183 Å². The molecule has 0 saturated heterocycles.